The summed E-state index contributed by atoms with van der Waals surface area (Å²) in [5.41, 5.74) is 2.83. The van der Waals surface area contributed by atoms with E-state index in [1.165, 1.54) is 35.9 Å². The third kappa shape index (κ3) is 5.16. The van der Waals surface area contributed by atoms with Crippen LogP contribution in [0.4, 0.5) is 15.3 Å². The second-order valence-corrected chi connectivity index (χ2v) is 11.2. The summed E-state index contributed by atoms with van der Waals surface area (Å²) in [5.74, 6) is -1.21. The van der Waals surface area contributed by atoms with E-state index in [-0.39, 0.29) is 31.3 Å². The van der Waals surface area contributed by atoms with Gasteiger partial charge >= 0.3 is 12.1 Å². The van der Waals surface area contributed by atoms with Crippen LogP contribution in [0.5, 0.6) is 0 Å². The maximum atomic E-state index is 13.5. The number of methoxy groups -OCH3 is 1. The van der Waals surface area contributed by atoms with Gasteiger partial charge in [0, 0.05) is 35.6 Å². The topological polar surface area (TPSA) is 154 Å². The van der Waals surface area contributed by atoms with Gasteiger partial charge in [-0.05, 0) is 36.2 Å². The minimum atomic E-state index is -3.93. The zero-order valence-electron chi connectivity index (χ0n) is 18.7. The summed E-state index contributed by atoms with van der Waals surface area (Å²) in [5, 5.41) is 14.3. The minimum absolute atomic E-state index is 0.0456. The Morgan fingerprint density at radius 3 is 2.65 bits per heavy atom. The van der Waals surface area contributed by atoms with Crippen molar-refractivity contribution in [2.75, 3.05) is 38.3 Å². The lowest BCUT2D eigenvalue weighted by atomic mass is 9.97. The molecular weight excluding hydrogens is 484 g/mol. The Morgan fingerprint density at radius 2 is 1.97 bits per heavy atom. The number of sulfone groups is 1. The molecule has 3 rings (SSSR count). The summed E-state index contributed by atoms with van der Waals surface area (Å²) in [4.78, 5) is 38.3. The first-order valence-corrected chi connectivity index (χ1v) is 12.8. The highest BCUT2D eigenvalue weighted by Gasteiger charge is 2.50. The molecule has 0 bridgehead atoms. The molecule has 0 aliphatic carbocycles. The van der Waals surface area contributed by atoms with Crippen molar-refractivity contribution >= 4 is 44.9 Å². The van der Waals surface area contributed by atoms with Crippen LogP contribution in [-0.4, -0.2) is 69.6 Å². The maximum absolute atomic E-state index is 13.5. The van der Waals surface area contributed by atoms with E-state index in [1.807, 2.05) is 6.07 Å². The van der Waals surface area contributed by atoms with Gasteiger partial charge in [0.05, 0.1) is 19.3 Å². The number of anilines is 1. The minimum Gasteiger partial charge on any atom is -0.453 e. The second-order valence-electron chi connectivity index (χ2n) is 7.68. The lowest BCUT2D eigenvalue weighted by Gasteiger charge is -2.30. The van der Waals surface area contributed by atoms with Gasteiger partial charge < -0.3 is 20.3 Å². The second kappa shape index (κ2) is 10.4. The highest BCUT2D eigenvalue weighted by Crippen LogP contribution is 2.45. The molecule has 2 heterocycles. The van der Waals surface area contributed by atoms with Crippen molar-refractivity contribution in [1.29, 1.82) is 0 Å². The van der Waals surface area contributed by atoms with Crippen molar-refractivity contribution < 1.29 is 32.7 Å². The van der Waals surface area contributed by atoms with Gasteiger partial charge in [0.2, 0.25) is 5.91 Å². The molecule has 0 saturated carbocycles. The summed E-state index contributed by atoms with van der Waals surface area (Å²) in [6.07, 6.45) is -1.19. The molecule has 1 saturated heterocycles. The molecule has 11 nitrogen and oxygen atoms in total. The molecule has 1 aliphatic heterocycles. The molecule has 0 radical (unpaired) electrons. The van der Waals surface area contributed by atoms with Gasteiger partial charge in [-0.25, -0.2) is 23.5 Å². The van der Waals surface area contributed by atoms with Crippen LogP contribution >= 0.6 is 11.3 Å². The van der Waals surface area contributed by atoms with Crippen molar-refractivity contribution in [2.45, 2.75) is 17.6 Å². The number of nitrogens with one attached hydrogen (secondary N) is 3. The van der Waals surface area contributed by atoms with E-state index in [9.17, 15) is 22.8 Å². The number of rotatable bonds is 5. The van der Waals surface area contributed by atoms with Crippen LogP contribution in [0, 0.1) is 0 Å². The number of nitrogens with zero attached hydrogens (tertiary/aromatic N) is 1. The van der Waals surface area contributed by atoms with Crippen LogP contribution in [0.2, 0.25) is 0 Å². The van der Waals surface area contributed by atoms with Gasteiger partial charge in [0.15, 0.2) is 9.84 Å². The number of carbonyl (C=O) groups excluding carboxylic acids is 3. The first-order valence-electron chi connectivity index (χ1n) is 10.3. The van der Waals surface area contributed by atoms with Crippen molar-refractivity contribution in [2.24, 2.45) is 0 Å². The average molecular weight is 511 g/mol. The summed E-state index contributed by atoms with van der Waals surface area (Å²) in [7, 11) is -1.21. The summed E-state index contributed by atoms with van der Waals surface area (Å²) < 4.78 is 30.1. The van der Waals surface area contributed by atoms with Crippen molar-refractivity contribution in [1.82, 2.24) is 15.7 Å². The normalized spacial score (nSPS) is 19.6. The average Bonchev–Trinajstić information content (AvgIpc) is 3.28. The molecule has 1 atom stereocenters. The number of amides is 4. The fourth-order valence-corrected chi connectivity index (χ4v) is 7.46. The quantitative estimate of drug-likeness (QED) is 0.355. The Hall–Kier alpha value is -3.16. The smallest absolute Gasteiger partial charge is 0.409 e. The highest BCUT2D eigenvalue weighted by molar-refractivity contribution is 7.92. The standard InChI is InChI=1S/C21H26N4O7S2/c1-22-19(27)23-15-5-3-4-14(12-15)16-6-7-17(33-16)21(13-18(26)24-29)8-9-25(20(28)32-2)10-11-34(21,30)31/h3-7,12,29H,8-11,13H2,1-2H3,(H,24,26)(H2,22,23,27)/t21-/m0/s1. The van der Waals surface area contributed by atoms with Crippen molar-refractivity contribution in [3.8, 4) is 10.4 Å². The molecule has 1 aromatic heterocycles. The van der Waals surface area contributed by atoms with E-state index < -0.39 is 33.0 Å². The lowest BCUT2D eigenvalue weighted by molar-refractivity contribution is -0.129. The Bertz CT molecular complexity index is 1180. The van der Waals surface area contributed by atoms with Crippen LogP contribution in [0.15, 0.2) is 36.4 Å². The predicted octanol–water partition coefficient (Wildman–Crippen LogP) is 2.14. The lowest BCUT2D eigenvalue weighted by Crippen LogP contribution is -2.41. The number of carbonyl (C=O) groups is 3. The number of urea groups is 1. The molecule has 13 heteroatoms. The molecule has 1 fully saturated rings. The van der Waals surface area contributed by atoms with E-state index in [2.05, 4.69) is 10.6 Å². The van der Waals surface area contributed by atoms with Gasteiger partial charge in [-0.2, -0.15) is 0 Å². The SMILES string of the molecule is CNC(=O)Nc1cccc(-c2ccc([C@@]3(CC(=O)NO)CCN(C(=O)OC)CCS3(=O)=O)s2)c1. The van der Waals surface area contributed by atoms with E-state index in [0.29, 0.717) is 10.6 Å². The Morgan fingerprint density at radius 1 is 1.21 bits per heavy atom. The van der Waals surface area contributed by atoms with Gasteiger partial charge in [-0.3, -0.25) is 10.0 Å². The van der Waals surface area contributed by atoms with Crippen molar-refractivity contribution in [3.05, 3.63) is 41.3 Å². The molecule has 0 unspecified atom stereocenters. The van der Waals surface area contributed by atoms with Gasteiger partial charge in [-0.1, -0.05) is 12.1 Å². The molecule has 4 N–H and O–H groups in total. The number of ether oxygens (including phenoxy) is 1. The van der Waals surface area contributed by atoms with Crippen LogP contribution in [0.25, 0.3) is 10.4 Å². The molecule has 1 aliphatic rings. The van der Waals surface area contributed by atoms with Crippen LogP contribution in [0.3, 0.4) is 0 Å². The Labute approximate surface area is 201 Å². The van der Waals surface area contributed by atoms with Crippen LogP contribution in [0.1, 0.15) is 17.7 Å². The molecule has 1 aromatic carbocycles. The number of hydrogen-bond acceptors (Lipinski definition) is 8. The molecular formula is C21H26N4O7S2. The maximum Gasteiger partial charge on any atom is 0.409 e. The third-order valence-electron chi connectivity index (χ3n) is 5.70. The monoisotopic (exact) mass is 510 g/mol. The number of benzene rings is 1. The Kier molecular flexibility index (Phi) is 7.79. The van der Waals surface area contributed by atoms with E-state index in [1.54, 1.807) is 30.3 Å². The summed E-state index contributed by atoms with van der Waals surface area (Å²) in [6.45, 7) is -0.00762. The van der Waals surface area contributed by atoms with Crippen LogP contribution < -0.4 is 16.1 Å². The molecule has 34 heavy (non-hydrogen) atoms. The fourth-order valence-electron chi connectivity index (χ4n) is 3.86. The number of hydrogen-bond donors (Lipinski definition) is 4. The van der Waals surface area contributed by atoms with Crippen LogP contribution in [-0.2, 0) is 24.1 Å². The zero-order chi connectivity index (χ0) is 24.9. The van der Waals surface area contributed by atoms with Gasteiger partial charge in [0.25, 0.3) is 0 Å². The third-order valence-corrected chi connectivity index (χ3v) is 9.65. The van der Waals surface area contributed by atoms with Crippen molar-refractivity contribution in [3.63, 3.8) is 0 Å². The van der Waals surface area contributed by atoms with Gasteiger partial charge in [0.1, 0.15) is 4.75 Å². The molecule has 2 aromatic rings. The fraction of sp³-hybridized carbons (Fsp3) is 0.381. The molecule has 0 spiro atoms. The first-order chi connectivity index (χ1) is 16.2. The largest absolute Gasteiger partial charge is 0.453 e. The highest BCUT2D eigenvalue weighted by atomic mass is 32.2. The summed E-state index contributed by atoms with van der Waals surface area (Å²) >= 11 is 1.20. The number of thiophene rings is 1. The predicted molar refractivity (Wildman–Crippen MR) is 126 cm³/mol. The first kappa shape index (κ1) is 25.5. The Balaban J connectivity index is 2.03. The molecule has 184 valence electrons. The number of hydroxylamine groups is 1. The molecule has 4 amide bonds. The van der Waals surface area contributed by atoms with E-state index in [4.69, 9.17) is 9.94 Å². The van der Waals surface area contributed by atoms with E-state index in [0.717, 1.165) is 10.4 Å². The zero-order valence-corrected chi connectivity index (χ0v) is 20.3. The van der Waals surface area contributed by atoms with E-state index >= 15 is 0 Å². The summed E-state index contributed by atoms with van der Waals surface area (Å²) in [6, 6.07) is 10.1. The van der Waals surface area contributed by atoms with Gasteiger partial charge in [-0.15, -0.1) is 11.3 Å².